The summed E-state index contributed by atoms with van der Waals surface area (Å²) in [6.07, 6.45) is 0.437. The summed E-state index contributed by atoms with van der Waals surface area (Å²) in [5.41, 5.74) is 2.19. The molecule has 1 aliphatic rings. The number of piperazine rings is 1. The highest BCUT2D eigenvalue weighted by Gasteiger charge is 2.21. The monoisotopic (exact) mass is 340 g/mol. The maximum absolute atomic E-state index is 12.5. The molecule has 0 N–H and O–H groups in total. The van der Waals surface area contributed by atoms with Crippen molar-refractivity contribution in [3.05, 3.63) is 54.1 Å². The number of carbonyl (C=O) groups is 1. The van der Waals surface area contributed by atoms with Gasteiger partial charge in [0.25, 0.3) is 0 Å². The summed E-state index contributed by atoms with van der Waals surface area (Å²) in [6, 6.07) is 15.7. The van der Waals surface area contributed by atoms with Crippen LogP contribution in [0.1, 0.15) is 5.56 Å². The van der Waals surface area contributed by atoms with Crippen LogP contribution >= 0.6 is 0 Å². The smallest absolute Gasteiger partial charge is 0.227 e. The maximum atomic E-state index is 12.5. The van der Waals surface area contributed by atoms with E-state index in [4.69, 9.17) is 9.47 Å². The number of anilines is 1. The van der Waals surface area contributed by atoms with Gasteiger partial charge in [-0.2, -0.15) is 0 Å². The lowest BCUT2D eigenvalue weighted by molar-refractivity contribution is -0.130. The molecule has 0 radical (unpaired) electrons. The van der Waals surface area contributed by atoms with Gasteiger partial charge in [0.15, 0.2) is 0 Å². The van der Waals surface area contributed by atoms with Gasteiger partial charge in [-0.3, -0.25) is 4.79 Å². The Kier molecular flexibility index (Phi) is 5.43. The minimum atomic E-state index is 0.180. The number of carbonyl (C=O) groups excluding carboxylic acids is 1. The summed E-state index contributed by atoms with van der Waals surface area (Å²) >= 11 is 0. The molecule has 5 nitrogen and oxygen atoms in total. The van der Waals surface area contributed by atoms with Crippen LogP contribution in [-0.2, 0) is 11.2 Å². The van der Waals surface area contributed by atoms with Gasteiger partial charge in [-0.05, 0) is 42.0 Å². The number of nitrogens with zero attached hydrogens (tertiary/aromatic N) is 2. The lowest BCUT2D eigenvalue weighted by atomic mass is 10.1. The third-order valence-corrected chi connectivity index (χ3v) is 4.58. The topological polar surface area (TPSA) is 42.0 Å². The number of rotatable bonds is 5. The molecule has 1 fully saturated rings. The van der Waals surface area contributed by atoms with Crippen molar-refractivity contribution in [2.75, 3.05) is 45.3 Å². The fraction of sp³-hybridized carbons (Fsp3) is 0.350. The summed E-state index contributed by atoms with van der Waals surface area (Å²) in [7, 11) is 3.31. The predicted octanol–water partition coefficient (Wildman–Crippen LogP) is 2.60. The van der Waals surface area contributed by atoms with Crippen LogP contribution in [0.3, 0.4) is 0 Å². The van der Waals surface area contributed by atoms with Crippen molar-refractivity contribution in [1.29, 1.82) is 0 Å². The molecule has 5 heteroatoms. The average Bonchev–Trinajstić information content (AvgIpc) is 2.69. The summed E-state index contributed by atoms with van der Waals surface area (Å²) in [4.78, 5) is 16.8. The van der Waals surface area contributed by atoms with Gasteiger partial charge in [0, 0.05) is 31.9 Å². The molecule has 0 aromatic heterocycles. The van der Waals surface area contributed by atoms with E-state index in [1.54, 1.807) is 14.2 Å². The Morgan fingerprint density at radius 3 is 1.88 bits per heavy atom. The van der Waals surface area contributed by atoms with Crippen LogP contribution in [-0.4, -0.2) is 51.2 Å². The van der Waals surface area contributed by atoms with Crippen molar-refractivity contribution < 1.29 is 14.3 Å². The van der Waals surface area contributed by atoms with Crippen molar-refractivity contribution in [1.82, 2.24) is 4.90 Å². The van der Waals surface area contributed by atoms with Crippen LogP contribution in [0.2, 0.25) is 0 Å². The first-order chi connectivity index (χ1) is 12.2. The molecule has 0 aliphatic carbocycles. The van der Waals surface area contributed by atoms with E-state index in [0.29, 0.717) is 6.42 Å². The maximum Gasteiger partial charge on any atom is 0.227 e. The standard InChI is InChI=1S/C20H24N2O3/c1-24-18-7-3-16(4-8-18)15-20(23)22-13-11-21(12-14-22)17-5-9-19(25-2)10-6-17/h3-10H,11-15H2,1-2H3. The number of hydrogen-bond donors (Lipinski definition) is 0. The number of amides is 1. The zero-order chi connectivity index (χ0) is 17.6. The van der Waals surface area contributed by atoms with Crippen LogP contribution in [0.25, 0.3) is 0 Å². The van der Waals surface area contributed by atoms with E-state index in [9.17, 15) is 4.79 Å². The second-order valence-corrected chi connectivity index (χ2v) is 6.09. The highest BCUT2D eigenvalue weighted by molar-refractivity contribution is 5.79. The van der Waals surface area contributed by atoms with E-state index in [0.717, 1.165) is 43.2 Å². The van der Waals surface area contributed by atoms with Crippen molar-refractivity contribution in [2.24, 2.45) is 0 Å². The summed E-state index contributed by atoms with van der Waals surface area (Å²) in [6.45, 7) is 3.20. The molecule has 25 heavy (non-hydrogen) atoms. The van der Waals surface area contributed by atoms with Crippen LogP contribution in [0, 0.1) is 0 Å². The van der Waals surface area contributed by atoms with Crippen molar-refractivity contribution in [3.63, 3.8) is 0 Å². The molecular formula is C20H24N2O3. The third-order valence-electron chi connectivity index (χ3n) is 4.58. The molecule has 0 bridgehead atoms. The van der Waals surface area contributed by atoms with E-state index in [-0.39, 0.29) is 5.91 Å². The Morgan fingerprint density at radius 1 is 0.840 bits per heavy atom. The summed E-state index contributed by atoms with van der Waals surface area (Å²) in [5.74, 6) is 1.85. The van der Waals surface area contributed by atoms with E-state index in [1.165, 1.54) is 5.69 Å². The first-order valence-corrected chi connectivity index (χ1v) is 8.49. The molecule has 1 aliphatic heterocycles. The molecule has 2 aromatic carbocycles. The van der Waals surface area contributed by atoms with Gasteiger partial charge in [-0.25, -0.2) is 0 Å². The second kappa shape index (κ2) is 7.92. The number of benzene rings is 2. The van der Waals surface area contributed by atoms with Gasteiger partial charge in [0.05, 0.1) is 20.6 Å². The zero-order valence-corrected chi connectivity index (χ0v) is 14.8. The Bertz CT molecular complexity index is 690. The minimum Gasteiger partial charge on any atom is -0.497 e. The molecule has 0 unspecified atom stereocenters. The van der Waals surface area contributed by atoms with Crippen LogP contribution in [0.4, 0.5) is 5.69 Å². The van der Waals surface area contributed by atoms with E-state index in [2.05, 4.69) is 17.0 Å². The quantitative estimate of drug-likeness (QED) is 0.839. The molecule has 0 spiro atoms. The average molecular weight is 340 g/mol. The third kappa shape index (κ3) is 4.24. The Balaban J connectivity index is 1.52. The van der Waals surface area contributed by atoms with Crippen LogP contribution in [0.5, 0.6) is 11.5 Å². The largest absolute Gasteiger partial charge is 0.497 e. The number of ether oxygens (including phenoxy) is 2. The molecule has 1 saturated heterocycles. The van der Waals surface area contributed by atoms with Crippen LogP contribution < -0.4 is 14.4 Å². The first kappa shape index (κ1) is 17.1. The molecule has 0 saturated carbocycles. The molecule has 1 amide bonds. The van der Waals surface area contributed by atoms with Gasteiger partial charge in [0.2, 0.25) is 5.91 Å². The molecule has 132 valence electrons. The summed E-state index contributed by atoms with van der Waals surface area (Å²) in [5, 5.41) is 0. The minimum absolute atomic E-state index is 0.180. The highest BCUT2D eigenvalue weighted by Crippen LogP contribution is 2.21. The SMILES string of the molecule is COc1ccc(CC(=O)N2CCN(c3ccc(OC)cc3)CC2)cc1. The van der Waals surface area contributed by atoms with Gasteiger partial charge in [-0.1, -0.05) is 12.1 Å². The molecule has 0 atom stereocenters. The van der Waals surface area contributed by atoms with Gasteiger partial charge >= 0.3 is 0 Å². The fourth-order valence-corrected chi connectivity index (χ4v) is 3.04. The normalized spacial score (nSPS) is 14.3. The number of hydrogen-bond acceptors (Lipinski definition) is 4. The second-order valence-electron chi connectivity index (χ2n) is 6.09. The fourth-order valence-electron chi connectivity index (χ4n) is 3.04. The highest BCUT2D eigenvalue weighted by atomic mass is 16.5. The Morgan fingerprint density at radius 2 is 1.36 bits per heavy atom. The Labute approximate surface area is 148 Å². The first-order valence-electron chi connectivity index (χ1n) is 8.49. The van der Waals surface area contributed by atoms with Gasteiger partial charge < -0.3 is 19.3 Å². The zero-order valence-electron chi connectivity index (χ0n) is 14.8. The number of methoxy groups -OCH3 is 2. The van der Waals surface area contributed by atoms with E-state index in [1.807, 2.05) is 41.3 Å². The molecular weight excluding hydrogens is 316 g/mol. The lowest BCUT2D eigenvalue weighted by Gasteiger charge is -2.36. The van der Waals surface area contributed by atoms with E-state index < -0.39 is 0 Å². The molecule has 3 rings (SSSR count). The summed E-state index contributed by atoms with van der Waals surface area (Å²) < 4.78 is 10.3. The van der Waals surface area contributed by atoms with Crippen molar-refractivity contribution in [3.8, 4) is 11.5 Å². The Hall–Kier alpha value is -2.69. The van der Waals surface area contributed by atoms with Crippen LogP contribution in [0.15, 0.2) is 48.5 Å². The molecule has 2 aromatic rings. The van der Waals surface area contributed by atoms with E-state index >= 15 is 0 Å². The predicted molar refractivity (Wildman–Crippen MR) is 98.5 cm³/mol. The molecule has 1 heterocycles. The van der Waals surface area contributed by atoms with Crippen molar-refractivity contribution >= 4 is 11.6 Å². The van der Waals surface area contributed by atoms with Gasteiger partial charge in [-0.15, -0.1) is 0 Å². The van der Waals surface area contributed by atoms with Gasteiger partial charge in [0.1, 0.15) is 11.5 Å². The lowest BCUT2D eigenvalue weighted by Crippen LogP contribution is -2.49. The van der Waals surface area contributed by atoms with Crippen molar-refractivity contribution in [2.45, 2.75) is 6.42 Å².